The molecule has 0 radical (unpaired) electrons. The summed E-state index contributed by atoms with van der Waals surface area (Å²) < 4.78 is 16.1. The highest BCUT2D eigenvalue weighted by Gasteiger charge is 2.36. The van der Waals surface area contributed by atoms with Crippen molar-refractivity contribution in [1.29, 1.82) is 0 Å². The Labute approximate surface area is 208 Å². The van der Waals surface area contributed by atoms with E-state index in [1.54, 1.807) is 35.0 Å². The standard InChI is InChI=1S/C26H27N3O5S/c1-32-22-12-20(13-23(33-2)25(22)34-3)29-15-18(11-24(29)30)26(31)28-19-6-8-21(9-7-19)35-16-17-5-4-10-27-14-17/h4-10,12-14,18H,11,15-16H2,1-3H3,(H,28,31). The van der Waals surface area contributed by atoms with E-state index in [4.69, 9.17) is 14.2 Å². The Balaban J connectivity index is 1.38. The second-order valence-corrected chi connectivity index (χ2v) is 9.00. The molecule has 1 unspecified atom stereocenters. The van der Waals surface area contributed by atoms with Crippen LogP contribution in [0.25, 0.3) is 0 Å². The molecule has 3 aromatic rings. The first kappa shape index (κ1) is 24.4. The number of methoxy groups -OCH3 is 3. The van der Waals surface area contributed by atoms with Crippen LogP contribution < -0.4 is 24.4 Å². The Hall–Kier alpha value is -3.72. The number of carbonyl (C=O) groups is 2. The molecule has 4 rings (SSSR count). The molecule has 2 amide bonds. The summed E-state index contributed by atoms with van der Waals surface area (Å²) in [6.45, 7) is 0.266. The highest BCUT2D eigenvalue weighted by atomic mass is 32.2. The van der Waals surface area contributed by atoms with Crippen molar-refractivity contribution in [2.75, 3.05) is 38.1 Å². The molecular formula is C26H27N3O5S. The van der Waals surface area contributed by atoms with Gasteiger partial charge in [0.05, 0.1) is 32.9 Å². The molecular weight excluding hydrogens is 466 g/mol. The lowest BCUT2D eigenvalue weighted by Crippen LogP contribution is -2.28. The van der Waals surface area contributed by atoms with Crippen molar-refractivity contribution >= 4 is 35.0 Å². The number of hydrogen-bond acceptors (Lipinski definition) is 7. The van der Waals surface area contributed by atoms with Crippen LogP contribution in [-0.4, -0.2) is 44.7 Å². The zero-order valence-electron chi connectivity index (χ0n) is 19.8. The van der Waals surface area contributed by atoms with E-state index in [0.29, 0.717) is 28.6 Å². The minimum Gasteiger partial charge on any atom is -0.493 e. The number of aromatic nitrogens is 1. The Morgan fingerprint density at radius 1 is 1.09 bits per heavy atom. The van der Waals surface area contributed by atoms with E-state index >= 15 is 0 Å². The largest absolute Gasteiger partial charge is 0.493 e. The minimum atomic E-state index is -0.471. The average molecular weight is 494 g/mol. The van der Waals surface area contributed by atoms with Crippen LogP contribution in [0.1, 0.15) is 12.0 Å². The first-order valence-corrected chi connectivity index (χ1v) is 12.0. The normalized spacial score (nSPS) is 15.1. The van der Waals surface area contributed by atoms with Gasteiger partial charge in [-0.25, -0.2) is 0 Å². The van der Waals surface area contributed by atoms with Gasteiger partial charge in [0.25, 0.3) is 0 Å². The molecule has 9 heteroatoms. The maximum Gasteiger partial charge on any atom is 0.229 e. The van der Waals surface area contributed by atoms with Gasteiger partial charge < -0.3 is 24.4 Å². The quantitative estimate of drug-likeness (QED) is 0.442. The van der Waals surface area contributed by atoms with E-state index in [1.165, 1.54) is 21.3 Å². The van der Waals surface area contributed by atoms with E-state index in [-0.39, 0.29) is 24.8 Å². The highest BCUT2D eigenvalue weighted by molar-refractivity contribution is 7.98. The van der Waals surface area contributed by atoms with Gasteiger partial charge in [0, 0.05) is 53.8 Å². The van der Waals surface area contributed by atoms with Gasteiger partial charge in [-0.05, 0) is 35.9 Å². The lowest BCUT2D eigenvalue weighted by Gasteiger charge is -2.20. The van der Waals surface area contributed by atoms with Gasteiger partial charge in [0.1, 0.15) is 0 Å². The molecule has 2 aromatic carbocycles. The maximum atomic E-state index is 12.9. The first-order chi connectivity index (χ1) is 17.0. The molecule has 0 bridgehead atoms. The lowest BCUT2D eigenvalue weighted by molar-refractivity contribution is -0.122. The number of ether oxygens (including phenoxy) is 3. The van der Waals surface area contributed by atoms with Crippen LogP contribution in [0.2, 0.25) is 0 Å². The monoisotopic (exact) mass is 493 g/mol. The Kier molecular flexibility index (Phi) is 7.77. The Bertz CT molecular complexity index is 1160. The second kappa shape index (κ2) is 11.1. The van der Waals surface area contributed by atoms with Gasteiger partial charge in [-0.2, -0.15) is 0 Å². The molecule has 2 heterocycles. The first-order valence-electron chi connectivity index (χ1n) is 11.1. The summed E-state index contributed by atoms with van der Waals surface area (Å²) in [5.41, 5.74) is 2.44. The third-order valence-corrected chi connectivity index (χ3v) is 6.79. The van der Waals surface area contributed by atoms with Gasteiger partial charge in [-0.15, -0.1) is 11.8 Å². The summed E-state index contributed by atoms with van der Waals surface area (Å²) in [5, 5.41) is 2.93. The molecule has 1 aliphatic rings. The number of benzene rings is 2. The van der Waals surface area contributed by atoms with Crippen molar-refractivity contribution in [3.05, 3.63) is 66.5 Å². The summed E-state index contributed by atoms with van der Waals surface area (Å²) in [6.07, 6.45) is 3.74. The van der Waals surface area contributed by atoms with Crippen LogP contribution in [0.15, 0.2) is 65.8 Å². The van der Waals surface area contributed by atoms with E-state index in [1.807, 2.05) is 42.6 Å². The SMILES string of the molecule is COc1cc(N2CC(C(=O)Nc3ccc(SCc4cccnc4)cc3)CC2=O)cc(OC)c1OC. The van der Waals surface area contributed by atoms with Crippen molar-refractivity contribution < 1.29 is 23.8 Å². The zero-order valence-corrected chi connectivity index (χ0v) is 20.6. The lowest BCUT2D eigenvalue weighted by atomic mass is 10.1. The number of amides is 2. The molecule has 8 nitrogen and oxygen atoms in total. The van der Waals surface area contributed by atoms with Gasteiger partial charge in [0.15, 0.2) is 11.5 Å². The summed E-state index contributed by atoms with van der Waals surface area (Å²) in [5.74, 6) is 1.36. The molecule has 0 spiro atoms. The molecule has 35 heavy (non-hydrogen) atoms. The van der Waals surface area contributed by atoms with E-state index < -0.39 is 5.92 Å². The number of hydrogen-bond donors (Lipinski definition) is 1. The maximum absolute atomic E-state index is 12.9. The molecule has 1 N–H and O–H groups in total. The van der Waals surface area contributed by atoms with Gasteiger partial charge in [-0.3, -0.25) is 14.6 Å². The Morgan fingerprint density at radius 3 is 2.40 bits per heavy atom. The minimum absolute atomic E-state index is 0.127. The summed E-state index contributed by atoms with van der Waals surface area (Å²) >= 11 is 1.70. The number of nitrogens with zero attached hydrogens (tertiary/aromatic N) is 2. The fraction of sp³-hybridized carbons (Fsp3) is 0.269. The molecule has 1 aromatic heterocycles. The van der Waals surface area contributed by atoms with Crippen LogP contribution >= 0.6 is 11.8 Å². The Morgan fingerprint density at radius 2 is 1.80 bits per heavy atom. The molecule has 1 atom stereocenters. The molecule has 1 fully saturated rings. The highest BCUT2D eigenvalue weighted by Crippen LogP contribution is 2.42. The molecule has 1 saturated heterocycles. The van der Waals surface area contributed by atoms with Gasteiger partial charge in [-0.1, -0.05) is 6.07 Å². The summed E-state index contributed by atoms with van der Waals surface area (Å²) in [6, 6.07) is 15.1. The third kappa shape index (κ3) is 5.68. The number of carbonyl (C=O) groups excluding carboxylic acids is 2. The third-order valence-electron chi connectivity index (χ3n) is 5.71. The molecule has 182 valence electrons. The van der Waals surface area contributed by atoms with Gasteiger partial charge in [0.2, 0.25) is 17.6 Å². The smallest absolute Gasteiger partial charge is 0.229 e. The van der Waals surface area contributed by atoms with E-state index in [9.17, 15) is 9.59 Å². The van der Waals surface area contributed by atoms with Crippen molar-refractivity contribution in [2.45, 2.75) is 17.1 Å². The van der Waals surface area contributed by atoms with Crippen LogP contribution in [0, 0.1) is 5.92 Å². The molecule has 0 saturated carbocycles. The van der Waals surface area contributed by atoms with E-state index in [2.05, 4.69) is 10.3 Å². The fourth-order valence-electron chi connectivity index (χ4n) is 3.88. The van der Waals surface area contributed by atoms with Gasteiger partial charge >= 0.3 is 0 Å². The topological polar surface area (TPSA) is 90.0 Å². The summed E-state index contributed by atoms with van der Waals surface area (Å²) in [4.78, 5) is 32.5. The number of anilines is 2. The number of pyridine rings is 1. The van der Waals surface area contributed by atoms with Crippen LogP contribution in [0.4, 0.5) is 11.4 Å². The van der Waals surface area contributed by atoms with E-state index in [0.717, 1.165) is 16.2 Å². The van der Waals surface area contributed by atoms with Crippen LogP contribution in [0.3, 0.4) is 0 Å². The summed E-state index contributed by atoms with van der Waals surface area (Å²) in [7, 11) is 4.56. The van der Waals surface area contributed by atoms with Crippen molar-refractivity contribution in [3.8, 4) is 17.2 Å². The average Bonchev–Trinajstić information content (AvgIpc) is 3.29. The number of nitrogens with one attached hydrogen (secondary N) is 1. The van der Waals surface area contributed by atoms with Crippen molar-refractivity contribution in [1.82, 2.24) is 4.98 Å². The van der Waals surface area contributed by atoms with Crippen molar-refractivity contribution in [3.63, 3.8) is 0 Å². The predicted molar refractivity (Wildman–Crippen MR) is 135 cm³/mol. The second-order valence-electron chi connectivity index (χ2n) is 7.95. The number of rotatable bonds is 9. The molecule has 0 aliphatic carbocycles. The van der Waals surface area contributed by atoms with Crippen LogP contribution in [-0.2, 0) is 15.3 Å². The zero-order chi connectivity index (χ0) is 24.8. The van der Waals surface area contributed by atoms with Crippen molar-refractivity contribution in [2.24, 2.45) is 5.92 Å². The molecule has 1 aliphatic heterocycles. The number of thioether (sulfide) groups is 1. The van der Waals surface area contributed by atoms with Crippen LogP contribution in [0.5, 0.6) is 17.2 Å². The predicted octanol–water partition coefficient (Wildman–Crippen LogP) is 4.39. The fourth-order valence-corrected chi connectivity index (χ4v) is 4.72.